The van der Waals surface area contributed by atoms with E-state index in [1.807, 2.05) is 54.8 Å². The Kier molecular flexibility index (Phi) is 6.42. The van der Waals surface area contributed by atoms with Crippen LogP contribution in [0.1, 0.15) is 10.4 Å². The zero-order valence-electron chi connectivity index (χ0n) is 17.9. The van der Waals surface area contributed by atoms with Gasteiger partial charge in [0.25, 0.3) is 5.91 Å². The summed E-state index contributed by atoms with van der Waals surface area (Å²) in [5.74, 6) is 0.924. The number of nitrogens with zero attached hydrogens (tertiary/aromatic N) is 3. The van der Waals surface area contributed by atoms with Crippen LogP contribution in [0.5, 0.6) is 11.5 Å². The second-order valence-electron chi connectivity index (χ2n) is 6.78. The number of ether oxygens (including phenoxy) is 2. The van der Waals surface area contributed by atoms with Crippen LogP contribution in [0, 0.1) is 0 Å². The molecule has 4 aromatic rings. The van der Waals surface area contributed by atoms with Crippen molar-refractivity contribution >= 4 is 23.4 Å². The summed E-state index contributed by atoms with van der Waals surface area (Å²) < 4.78 is 12.6. The van der Waals surface area contributed by atoms with E-state index in [1.165, 1.54) is 11.8 Å². The molecule has 0 radical (unpaired) electrons. The Bertz CT molecular complexity index is 1220. The number of aromatic nitrogens is 3. The molecule has 0 saturated carbocycles. The standard InChI is InChI=1S/C24H22N4O3S/c1-30-18-10-11-21(31-2)19(13-18)23-20(15-28(27-23)17-7-5-4-6-8-17)24(29)26-16-9-12-22(32-3)25-14-16/h4-15H,1-3H3,(H,26,29). The summed E-state index contributed by atoms with van der Waals surface area (Å²) in [5, 5.41) is 8.52. The quantitative estimate of drug-likeness (QED) is 0.406. The van der Waals surface area contributed by atoms with Crippen LogP contribution >= 0.6 is 11.8 Å². The number of anilines is 1. The Morgan fingerprint density at radius 1 is 1.03 bits per heavy atom. The fourth-order valence-electron chi connectivity index (χ4n) is 3.22. The minimum Gasteiger partial charge on any atom is -0.497 e. The third kappa shape index (κ3) is 4.45. The molecule has 4 rings (SSSR count). The number of hydrogen-bond acceptors (Lipinski definition) is 6. The third-order valence-electron chi connectivity index (χ3n) is 4.84. The van der Waals surface area contributed by atoms with Crippen LogP contribution in [0.4, 0.5) is 5.69 Å². The van der Waals surface area contributed by atoms with Gasteiger partial charge < -0.3 is 14.8 Å². The lowest BCUT2D eigenvalue weighted by Gasteiger charge is -2.10. The van der Waals surface area contributed by atoms with E-state index >= 15 is 0 Å². The molecule has 0 aliphatic carbocycles. The van der Waals surface area contributed by atoms with Gasteiger partial charge in [0.1, 0.15) is 17.2 Å². The molecule has 2 heterocycles. The molecule has 1 N–H and O–H groups in total. The summed E-state index contributed by atoms with van der Waals surface area (Å²) in [6.07, 6.45) is 5.30. The lowest BCUT2D eigenvalue weighted by atomic mass is 10.1. The topological polar surface area (TPSA) is 78.3 Å². The Labute approximate surface area is 190 Å². The first-order valence-corrected chi connectivity index (χ1v) is 11.0. The van der Waals surface area contributed by atoms with Crippen molar-refractivity contribution in [3.8, 4) is 28.4 Å². The van der Waals surface area contributed by atoms with Crippen molar-refractivity contribution in [2.45, 2.75) is 5.03 Å². The minimum atomic E-state index is -0.300. The van der Waals surface area contributed by atoms with Gasteiger partial charge in [0.15, 0.2) is 0 Å². The molecule has 0 aliphatic rings. The third-order valence-corrected chi connectivity index (χ3v) is 5.50. The van der Waals surface area contributed by atoms with Crippen molar-refractivity contribution in [2.75, 3.05) is 25.8 Å². The van der Waals surface area contributed by atoms with Crippen LogP contribution in [0.15, 0.2) is 78.1 Å². The molecule has 0 bridgehead atoms. The first kappa shape index (κ1) is 21.5. The summed E-state index contributed by atoms with van der Waals surface area (Å²) in [5.41, 5.74) is 2.97. The fourth-order valence-corrected chi connectivity index (χ4v) is 3.59. The number of amides is 1. The van der Waals surface area contributed by atoms with Gasteiger partial charge in [0.2, 0.25) is 0 Å². The van der Waals surface area contributed by atoms with E-state index in [9.17, 15) is 4.79 Å². The van der Waals surface area contributed by atoms with Crippen LogP contribution in [0.25, 0.3) is 16.9 Å². The second kappa shape index (κ2) is 9.57. The van der Waals surface area contributed by atoms with E-state index < -0.39 is 0 Å². The minimum absolute atomic E-state index is 0.300. The molecule has 0 aliphatic heterocycles. The van der Waals surface area contributed by atoms with Crippen LogP contribution in [-0.4, -0.2) is 41.1 Å². The molecule has 8 heteroatoms. The molecule has 7 nitrogen and oxygen atoms in total. The molecule has 2 aromatic heterocycles. The molecular weight excluding hydrogens is 424 g/mol. The summed E-state index contributed by atoms with van der Waals surface area (Å²) >= 11 is 1.54. The maximum atomic E-state index is 13.3. The highest BCUT2D eigenvalue weighted by Gasteiger charge is 2.22. The summed E-state index contributed by atoms with van der Waals surface area (Å²) in [6, 6.07) is 18.7. The highest BCUT2D eigenvalue weighted by molar-refractivity contribution is 7.98. The van der Waals surface area contributed by atoms with Crippen molar-refractivity contribution in [2.24, 2.45) is 0 Å². The van der Waals surface area contributed by atoms with Gasteiger partial charge in [-0.25, -0.2) is 9.67 Å². The monoisotopic (exact) mass is 446 g/mol. The van der Waals surface area contributed by atoms with Crippen LogP contribution in [0.2, 0.25) is 0 Å². The van der Waals surface area contributed by atoms with E-state index in [0.717, 1.165) is 10.7 Å². The molecule has 32 heavy (non-hydrogen) atoms. The number of thioether (sulfide) groups is 1. The molecular formula is C24H22N4O3S. The number of hydrogen-bond donors (Lipinski definition) is 1. The average molecular weight is 447 g/mol. The van der Waals surface area contributed by atoms with Gasteiger partial charge in [-0.15, -0.1) is 11.8 Å². The van der Waals surface area contributed by atoms with Gasteiger partial charge in [0, 0.05) is 11.8 Å². The van der Waals surface area contributed by atoms with E-state index in [-0.39, 0.29) is 5.91 Å². The summed E-state index contributed by atoms with van der Waals surface area (Å²) in [7, 11) is 3.17. The highest BCUT2D eigenvalue weighted by atomic mass is 32.2. The molecule has 0 fully saturated rings. The predicted molar refractivity (Wildman–Crippen MR) is 126 cm³/mol. The number of para-hydroxylation sites is 1. The largest absolute Gasteiger partial charge is 0.497 e. The van der Waals surface area contributed by atoms with Crippen molar-refractivity contribution in [1.29, 1.82) is 0 Å². The fraction of sp³-hybridized carbons (Fsp3) is 0.125. The maximum Gasteiger partial charge on any atom is 0.259 e. The molecule has 0 saturated heterocycles. The lowest BCUT2D eigenvalue weighted by Crippen LogP contribution is -2.12. The molecule has 0 spiro atoms. The van der Waals surface area contributed by atoms with Gasteiger partial charge in [-0.3, -0.25) is 4.79 Å². The molecule has 2 aromatic carbocycles. The second-order valence-corrected chi connectivity index (χ2v) is 7.61. The van der Waals surface area contributed by atoms with Gasteiger partial charge in [-0.2, -0.15) is 5.10 Å². The average Bonchev–Trinajstić information content (AvgIpc) is 3.30. The van der Waals surface area contributed by atoms with Gasteiger partial charge >= 0.3 is 0 Å². The number of pyridine rings is 1. The first-order valence-electron chi connectivity index (χ1n) is 9.82. The van der Waals surface area contributed by atoms with E-state index in [4.69, 9.17) is 14.6 Å². The number of rotatable bonds is 7. The maximum absolute atomic E-state index is 13.3. The summed E-state index contributed by atoms with van der Waals surface area (Å²) in [4.78, 5) is 17.6. The molecule has 1 amide bonds. The first-order chi connectivity index (χ1) is 15.6. The molecule has 0 unspecified atom stereocenters. The van der Waals surface area contributed by atoms with Crippen molar-refractivity contribution in [1.82, 2.24) is 14.8 Å². The zero-order valence-corrected chi connectivity index (χ0v) is 18.7. The van der Waals surface area contributed by atoms with Crippen molar-refractivity contribution < 1.29 is 14.3 Å². The number of nitrogens with one attached hydrogen (secondary N) is 1. The number of benzene rings is 2. The molecule has 0 atom stereocenters. The Hall–Kier alpha value is -3.78. The van der Waals surface area contributed by atoms with Gasteiger partial charge in [0.05, 0.1) is 42.4 Å². The number of carbonyl (C=O) groups excluding carboxylic acids is 1. The van der Waals surface area contributed by atoms with Gasteiger partial charge in [-0.05, 0) is 48.7 Å². The molecule has 162 valence electrons. The van der Waals surface area contributed by atoms with Crippen LogP contribution in [-0.2, 0) is 0 Å². The van der Waals surface area contributed by atoms with Gasteiger partial charge in [-0.1, -0.05) is 18.2 Å². The van der Waals surface area contributed by atoms with E-state index in [1.54, 1.807) is 43.4 Å². The zero-order chi connectivity index (χ0) is 22.5. The smallest absolute Gasteiger partial charge is 0.259 e. The van der Waals surface area contributed by atoms with E-state index in [0.29, 0.717) is 34.0 Å². The Morgan fingerprint density at radius 3 is 2.50 bits per heavy atom. The van der Waals surface area contributed by atoms with Crippen LogP contribution in [0.3, 0.4) is 0 Å². The Balaban J connectivity index is 1.80. The van der Waals surface area contributed by atoms with Crippen molar-refractivity contribution in [3.63, 3.8) is 0 Å². The van der Waals surface area contributed by atoms with Crippen molar-refractivity contribution in [3.05, 3.63) is 78.6 Å². The predicted octanol–water partition coefficient (Wildman–Crippen LogP) is 4.93. The number of carbonyl (C=O) groups is 1. The summed E-state index contributed by atoms with van der Waals surface area (Å²) in [6.45, 7) is 0. The number of methoxy groups -OCH3 is 2. The SMILES string of the molecule is COc1ccc(OC)c(-c2nn(-c3ccccc3)cc2C(=O)Nc2ccc(SC)nc2)c1. The normalized spacial score (nSPS) is 10.6. The highest BCUT2D eigenvalue weighted by Crippen LogP contribution is 2.35. The Morgan fingerprint density at radius 2 is 1.84 bits per heavy atom. The van der Waals surface area contributed by atoms with E-state index in [2.05, 4.69) is 10.3 Å². The lowest BCUT2D eigenvalue weighted by molar-refractivity contribution is 0.102. The van der Waals surface area contributed by atoms with Crippen LogP contribution < -0.4 is 14.8 Å².